The molecule has 0 radical (unpaired) electrons. The lowest BCUT2D eigenvalue weighted by atomic mass is 9.65. The largest absolute Gasteiger partial charge is 0.456 e. The van der Waals surface area contributed by atoms with Crippen LogP contribution in [0, 0.1) is 11.3 Å². The van der Waals surface area contributed by atoms with Gasteiger partial charge in [0.1, 0.15) is 11.5 Å². The molecule has 468 valence electrons. The third-order valence-electron chi connectivity index (χ3n) is 21.8. The van der Waals surface area contributed by atoms with Gasteiger partial charge in [-0.3, -0.25) is 0 Å². The molecule has 12 aromatic carbocycles. The molecule has 0 saturated heterocycles. The molecule has 13 aromatic rings. The van der Waals surface area contributed by atoms with Crippen molar-refractivity contribution in [2.45, 2.75) is 128 Å². The van der Waals surface area contributed by atoms with Gasteiger partial charge in [0.2, 0.25) is 0 Å². The highest BCUT2D eigenvalue weighted by molar-refractivity contribution is 6.10. The Morgan fingerprint density at radius 3 is 1.38 bits per heavy atom. The molecular weight excluding hydrogens is 1160 g/mol. The van der Waals surface area contributed by atoms with Gasteiger partial charge in [-0.15, -0.1) is 0 Å². The fraction of sp³-hybridized carbons (Fsp3) is 0.215. The van der Waals surface area contributed by atoms with E-state index >= 15 is 0 Å². The minimum Gasteiger partial charge on any atom is -0.456 e. The molecule has 3 heteroatoms. The van der Waals surface area contributed by atoms with Crippen LogP contribution in [-0.2, 0) is 21.7 Å². The quantitative estimate of drug-likeness (QED) is 0.166. The molecule has 0 bridgehead atoms. The van der Waals surface area contributed by atoms with Crippen molar-refractivity contribution in [1.82, 2.24) is 4.57 Å². The summed E-state index contributed by atoms with van der Waals surface area (Å²) in [4.78, 5) is 0. The van der Waals surface area contributed by atoms with Crippen LogP contribution in [0.3, 0.4) is 0 Å². The number of aromatic nitrogens is 1. The molecule has 0 fully saturated rings. The highest BCUT2D eigenvalue weighted by atomic mass is 16.5. The maximum atomic E-state index is 10.1. The van der Waals surface area contributed by atoms with Crippen LogP contribution in [0.4, 0.5) is 0 Å². The Hall–Kier alpha value is -10.3. The van der Waals surface area contributed by atoms with E-state index in [1.807, 2.05) is 12.1 Å². The second-order valence-corrected chi connectivity index (χ2v) is 31.9. The van der Waals surface area contributed by atoms with Crippen molar-refractivity contribution in [3.63, 3.8) is 0 Å². The lowest BCUT2D eigenvalue weighted by Crippen LogP contribution is -2.25. The molecule has 3 nitrogen and oxygen atoms in total. The normalized spacial score (nSPS) is 16.1. The molecule has 1 aliphatic heterocycles. The molecule has 3 atom stereocenters. The van der Waals surface area contributed by atoms with Gasteiger partial charge in [0.15, 0.2) is 0 Å². The van der Waals surface area contributed by atoms with Gasteiger partial charge in [-0.2, -0.15) is 5.26 Å². The lowest BCUT2D eigenvalue weighted by Gasteiger charge is -2.41. The number of hydrogen-bond donors (Lipinski definition) is 0. The molecule has 3 aliphatic carbocycles. The van der Waals surface area contributed by atoms with Crippen molar-refractivity contribution in [2.24, 2.45) is 0 Å². The fourth-order valence-electron chi connectivity index (χ4n) is 16.7. The van der Waals surface area contributed by atoms with E-state index in [2.05, 4.69) is 324 Å². The summed E-state index contributed by atoms with van der Waals surface area (Å²) < 4.78 is 10.6. The predicted octanol–water partition coefficient (Wildman–Crippen LogP) is 24.3. The van der Waals surface area contributed by atoms with Gasteiger partial charge in [-0.05, 0) is 187 Å². The van der Waals surface area contributed by atoms with Gasteiger partial charge in [-0.1, -0.05) is 271 Å². The third kappa shape index (κ3) is 9.41. The summed E-state index contributed by atoms with van der Waals surface area (Å²) in [5.41, 5.74) is 33.9. The zero-order valence-corrected chi connectivity index (χ0v) is 57.2. The molecule has 0 N–H and O–H groups in total. The molecular formula is C93H80N2O. The van der Waals surface area contributed by atoms with Crippen molar-refractivity contribution in [3.05, 3.63) is 337 Å². The van der Waals surface area contributed by atoms with Gasteiger partial charge in [0, 0.05) is 57.2 Å². The van der Waals surface area contributed by atoms with Crippen LogP contribution in [0.5, 0.6) is 11.5 Å². The Labute approximate surface area is 566 Å². The van der Waals surface area contributed by atoms with Gasteiger partial charge in [0.25, 0.3) is 0 Å². The van der Waals surface area contributed by atoms with E-state index in [0.717, 1.165) is 33.8 Å². The minimum atomic E-state index is -0.244. The summed E-state index contributed by atoms with van der Waals surface area (Å²) in [5, 5.41) is 12.6. The molecule has 96 heavy (non-hydrogen) atoms. The summed E-state index contributed by atoms with van der Waals surface area (Å²) in [6, 6.07) is 95.4. The first-order chi connectivity index (χ1) is 46.1. The Kier molecular flexibility index (Phi) is 13.2. The predicted molar refractivity (Wildman–Crippen MR) is 398 cm³/mol. The first kappa shape index (κ1) is 59.5. The Morgan fingerprint density at radius 2 is 0.812 bits per heavy atom. The van der Waals surface area contributed by atoms with Crippen molar-refractivity contribution in [1.29, 1.82) is 5.26 Å². The van der Waals surface area contributed by atoms with Crippen LogP contribution < -0.4 is 4.74 Å². The zero-order chi connectivity index (χ0) is 66.1. The first-order valence-electron chi connectivity index (χ1n) is 34.5. The SMILES string of the molecule is CC(C)(C)c1ccc2c(c1)-c1cc(C(C)(C)C)ccc1C2c1ccc2c(c1)C(c1cc(-c3ccccc3)cc(-c3ccccc3)c1)c1cc(-n3c4ccc(C(C)(C)C)cc4c4cc(C(C)(C)C)ccc43)cc3c1C2c1ccc2c(c1O3)C(c1ccc(C#N)cc1)c1ccccc1-2. The van der Waals surface area contributed by atoms with Crippen LogP contribution >= 0.6 is 0 Å². The van der Waals surface area contributed by atoms with Gasteiger partial charge >= 0.3 is 0 Å². The van der Waals surface area contributed by atoms with Crippen LogP contribution in [0.2, 0.25) is 0 Å². The van der Waals surface area contributed by atoms with Crippen LogP contribution in [0.25, 0.3) is 72.0 Å². The number of nitriles is 1. The average Bonchev–Trinajstić information content (AvgIpc) is 1.05. The molecule has 17 rings (SSSR count). The summed E-state index contributed by atoms with van der Waals surface area (Å²) in [6.07, 6.45) is 0. The second kappa shape index (κ2) is 21.4. The fourth-order valence-corrected chi connectivity index (χ4v) is 16.7. The second-order valence-electron chi connectivity index (χ2n) is 31.9. The number of nitrogens with zero attached hydrogens (tertiary/aromatic N) is 2. The summed E-state index contributed by atoms with van der Waals surface area (Å²) in [6.45, 7) is 28.0. The van der Waals surface area contributed by atoms with Crippen molar-refractivity contribution < 1.29 is 4.74 Å². The lowest BCUT2D eigenvalue weighted by molar-refractivity contribution is 0.443. The van der Waals surface area contributed by atoms with Gasteiger partial charge in [-0.25, -0.2) is 0 Å². The molecule has 0 amide bonds. The minimum absolute atomic E-state index is 0.00618. The smallest absolute Gasteiger partial charge is 0.136 e. The van der Waals surface area contributed by atoms with Crippen LogP contribution in [0.1, 0.15) is 201 Å². The molecule has 4 aliphatic rings. The number of hydrogen-bond acceptors (Lipinski definition) is 2. The van der Waals surface area contributed by atoms with E-state index in [1.54, 1.807) is 0 Å². The van der Waals surface area contributed by atoms with Crippen LogP contribution in [0.15, 0.2) is 243 Å². The van der Waals surface area contributed by atoms with Gasteiger partial charge < -0.3 is 9.30 Å². The van der Waals surface area contributed by atoms with E-state index in [0.29, 0.717) is 5.56 Å². The summed E-state index contributed by atoms with van der Waals surface area (Å²) in [7, 11) is 0. The maximum Gasteiger partial charge on any atom is 0.136 e. The highest BCUT2D eigenvalue weighted by Crippen LogP contribution is 2.63. The number of ether oxygens (including phenoxy) is 1. The van der Waals surface area contributed by atoms with E-state index in [-0.39, 0.29) is 45.3 Å². The van der Waals surface area contributed by atoms with E-state index < -0.39 is 0 Å². The Balaban J connectivity index is 0.992. The van der Waals surface area contributed by atoms with Crippen molar-refractivity contribution in [3.8, 4) is 67.8 Å². The first-order valence-corrected chi connectivity index (χ1v) is 34.5. The van der Waals surface area contributed by atoms with Crippen molar-refractivity contribution >= 4 is 21.8 Å². The maximum absolute atomic E-state index is 10.1. The molecule has 3 unspecified atom stereocenters. The Bertz CT molecular complexity index is 5240. The molecule has 1 aromatic heterocycles. The highest BCUT2D eigenvalue weighted by Gasteiger charge is 2.45. The van der Waals surface area contributed by atoms with Crippen LogP contribution in [-0.4, -0.2) is 4.57 Å². The topological polar surface area (TPSA) is 38.0 Å². The number of rotatable bonds is 6. The molecule has 0 saturated carbocycles. The van der Waals surface area contributed by atoms with Gasteiger partial charge in [0.05, 0.1) is 28.4 Å². The zero-order valence-electron chi connectivity index (χ0n) is 57.2. The average molecular weight is 1240 g/mol. The standard InChI is InChI=1S/C93H80N2O/c1-90(2,3)62-32-37-70-74(47-62)75-48-63(91(4,5)6)33-38-71(75)83(70)58-31-36-72-78(46-58)84(61-44-59(55-21-15-13-16-22-55)43-60(45-61)56-23-17-14-18-24-56)79-51-66(95-80-41-34-64(92(7,8)9)49-76(80)77-50-65(93(10,11)12)35-42-81(77)95)52-82-87(79)86(72)73-40-39-69-67-25-19-20-26-68(67)85(88(69)89(73)96-82)57-29-27-54(53-94)28-30-57/h13-52,83-86H,1-12H3. The summed E-state index contributed by atoms with van der Waals surface area (Å²) >= 11 is 0. The van der Waals surface area contributed by atoms with E-state index in [1.165, 1.54) is 139 Å². The number of benzene rings is 12. The van der Waals surface area contributed by atoms with Crippen molar-refractivity contribution in [2.75, 3.05) is 0 Å². The number of fused-ring (bicyclic) bond motifs is 14. The van der Waals surface area contributed by atoms with E-state index in [9.17, 15) is 5.26 Å². The monoisotopic (exact) mass is 1240 g/mol. The van der Waals surface area contributed by atoms with E-state index in [4.69, 9.17) is 4.74 Å². The summed E-state index contributed by atoms with van der Waals surface area (Å²) in [5.74, 6) is 1.22. The molecule has 0 spiro atoms. The third-order valence-corrected chi connectivity index (χ3v) is 21.8. The molecule has 2 heterocycles. The Morgan fingerprint density at radius 1 is 0.323 bits per heavy atom.